The molecule has 0 aliphatic rings. The van der Waals surface area contributed by atoms with Crippen LogP contribution < -0.4 is 5.32 Å². The summed E-state index contributed by atoms with van der Waals surface area (Å²) in [6, 6.07) is 8.26. The summed E-state index contributed by atoms with van der Waals surface area (Å²) in [5.74, 6) is -1.13. The summed E-state index contributed by atoms with van der Waals surface area (Å²) < 4.78 is 0. The van der Waals surface area contributed by atoms with E-state index in [0.29, 0.717) is 12.1 Å². The number of carboxylic acid groups (broad SMARTS) is 1. The Balaban J connectivity index is 2.00. The standard InChI is InChI=1S/C13H11NO3S/c15-12(11-4-5-18-8-11)14-7-9-2-1-3-10(6-9)13(16)17/h1-6,8H,7H2,(H,14,15)(H,16,17). The number of nitrogens with one attached hydrogen (secondary N) is 1. The third kappa shape index (κ3) is 2.95. The molecule has 18 heavy (non-hydrogen) atoms. The highest BCUT2D eigenvalue weighted by atomic mass is 32.1. The lowest BCUT2D eigenvalue weighted by molar-refractivity contribution is 0.0696. The van der Waals surface area contributed by atoms with Gasteiger partial charge in [-0.2, -0.15) is 11.3 Å². The quantitative estimate of drug-likeness (QED) is 0.888. The zero-order valence-electron chi connectivity index (χ0n) is 9.42. The molecule has 0 atom stereocenters. The predicted molar refractivity (Wildman–Crippen MR) is 68.9 cm³/mol. The molecule has 0 fully saturated rings. The van der Waals surface area contributed by atoms with Crippen LogP contribution in [0.2, 0.25) is 0 Å². The van der Waals surface area contributed by atoms with Crippen molar-refractivity contribution in [2.24, 2.45) is 0 Å². The summed E-state index contributed by atoms with van der Waals surface area (Å²) in [5, 5.41) is 15.2. The van der Waals surface area contributed by atoms with Gasteiger partial charge in [0.2, 0.25) is 0 Å². The second-order valence-corrected chi connectivity index (χ2v) is 4.48. The van der Waals surface area contributed by atoms with E-state index in [9.17, 15) is 9.59 Å². The smallest absolute Gasteiger partial charge is 0.335 e. The van der Waals surface area contributed by atoms with Gasteiger partial charge >= 0.3 is 5.97 Å². The summed E-state index contributed by atoms with van der Waals surface area (Å²) >= 11 is 1.46. The SMILES string of the molecule is O=C(O)c1cccc(CNC(=O)c2ccsc2)c1. The Kier molecular flexibility index (Phi) is 3.74. The van der Waals surface area contributed by atoms with E-state index in [2.05, 4.69) is 5.32 Å². The fourth-order valence-electron chi connectivity index (χ4n) is 1.49. The topological polar surface area (TPSA) is 66.4 Å². The average Bonchev–Trinajstić information content (AvgIpc) is 2.90. The molecule has 2 rings (SSSR count). The van der Waals surface area contributed by atoms with Crippen LogP contribution in [0.15, 0.2) is 41.1 Å². The van der Waals surface area contributed by atoms with Gasteiger partial charge in [-0.15, -0.1) is 0 Å². The summed E-state index contributed by atoms with van der Waals surface area (Å²) in [6.45, 7) is 0.315. The van der Waals surface area contributed by atoms with Gasteiger partial charge in [0.25, 0.3) is 5.91 Å². The first-order valence-electron chi connectivity index (χ1n) is 5.29. The molecule has 0 saturated heterocycles. The Labute approximate surface area is 108 Å². The number of aromatic carboxylic acids is 1. The van der Waals surface area contributed by atoms with Crippen molar-refractivity contribution in [1.29, 1.82) is 0 Å². The Morgan fingerprint density at radius 1 is 1.22 bits per heavy atom. The molecule has 0 saturated carbocycles. The Morgan fingerprint density at radius 2 is 2.06 bits per heavy atom. The van der Waals surface area contributed by atoms with E-state index >= 15 is 0 Å². The maximum atomic E-state index is 11.7. The number of amides is 1. The lowest BCUT2D eigenvalue weighted by atomic mass is 10.1. The van der Waals surface area contributed by atoms with Gasteiger partial charge in [-0.3, -0.25) is 4.79 Å². The molecular weight excluding hydrogens is 250 g/mol. The number of thiophene rings is 1. The average molecular weight is 261 g/mol. The van der Waals surface area contributed by atoms with Crippen molar-refractivity contribution in [2.45, 2.75) is 6.54 Å². The van der Waals surface area contributed by atoms with Gasteiger partial charge in [-0.1, -0.05) is 12.1 Å². The van der Waals surface area contributed by atoms with Crippen molar-refractivity contribution in [1.82, 2.24) is 5.32 Å². The number of carboxylic acids is 1. The van der Waals surface area contributed by atoms with Gasteiger partial charge in [0.05, 0.1) is 5.56 Å². The second-order valence-electron chi connectivity index (χ2n) is 3.70. The lowest BCUT2D eigenvalue weighted by Crippen LogP contribution is -2.22. The van der Waals surface area contributed by atoms with Crippen LogP contribution in [-0.4, -0.2) is 17.0 Å². The number of hydrogen-bond acceptors (Lipinski definition) is 3. The summed E-state index contributed by atoms with van der Waals surface area (Å²) in [4.78, 5) is 22.5. The molecule has 0 spiro atoms. The third-order valence-electron chi connectivity index (χ3n) is 2.41. The van der Waals surface area contributed by atoms with Gasteiger partial charge in [-0.25, -0.2) is 4.79 Å². The first kappa shape index (κ1) is 12.3. The van der Waals surface area contributed by atoms with Gasteiger partial charge in [0.15, 0.2) is 0 Å². The third-order valence-corrected chi connectivity index (χ3v) is 3.09. The van der Waals surface area contributed by atoms with E-state index in [4.69, 9.17) is 5.11 Å². The van der Waals surface area contributed by atoms with Gasteiger partial charge < -0.3 is 10.4 Å². The molecule has 0 radical (unpaired) electrons. The second kappa shape index (κ2) is 5.46. The minimum absolute atomic E-state index is 0.156. The fourth-order valence-corrected chi connectivity index (χ4v) is 2.13. The number of rotatable bonds is 4. The summed E-state index contributed by atoms with van der Waals surface area (Å²) in [7, 11) is 0. The van der Waals surface area contributed by atoms with Gasteiger partial charge in [0, 0.05) is 17.5 Å². The van der Waals surface area contributed by atoms with E-state index in [-0.39, 0.29) is 11.5 Å². The Morgan fingerprint density at radius 3 is 2.72 bits per heavy atom. The minimum atomic E-state index is -0.971. The molecule has 2 aromatic rings. The van der Waals surface area contributed by atoms with E-state index in [1.807, 2.05) is 5.38 Å². The van der Waals surface area contributed by atoms with E-state index in [1.54, 1.807) is 29.6 Å². The van der Waals surface area contributed by atoms with Crippen molar-refractivity contribution in [3.05, 3.63) is 57.8 Å². The van der Waals surface area contributed by atoms with E-state index in [0.717, 1.165) is 5.56 Å². The number of carbonyl (C=O) groups excluding carboxylic acids is 1. The Hall–Kier alpha value is -2.14. The van der Waals surface area contributed by atoms with Crippen LogP contribution in [0.3, 0.4) is 0 Å². The number of carbonyl (C=O) groups is 2. The molecule has 4 nitrogen and oxygen atoms in total. The van der Waals surface area contributed by atoms with Crippen LogP contribution in [-0.2, 0) is 6.54 Å². The van der Waals surface area contributed by atoms with Crippen LogP contribution in [0, 0.1) is 0 Å². The van der Waals surface area contributed by atoms with Crippen LogP contribution in [0.5, 0.6) is 0 Å². The molecule has 2 N–H and O–H groups in total. The molecule has 92 valence electrons. The van der Waals surface area contributed by atoms with Gasteiger partial charge in [-0.05, 0) is 29.1 Å². The zero-order chi connectivity index (χ0) is 13.0. The van der Waals surface area contributed by atoms with E-state index < -0.39 is 5.97 Å². The normalized spacial score (nSPS) is 10.0. The molecule has 1 amide bonds. The first-order chi connectivity index (χ1) is 8.66. The molecule has 0 aliphatic carbocycles. The van der Waals surface area contributed by atoms with Gasteiger partial charge in [0.1, 0.15) is 0 Å². The molecule has 0 bridgehead atoms. The maximum Gasteiger partial charge on any atom is 0.335 e. The molecular formula is C13H11NO3S. The minimum Gasteiger partial charge on any atom is -0.478 e. The van der Waals surface area contributed by atoms with Crippen molar-refractivity contribution >= 4 is 23.2 Å². The van der Waals surface area contributed by atoms with Crippen LogP contribution in [0.4, 0.5) is 0 Å². The monoisotopic (exact) mass is 261 g/mol. The largest absolute Gasteiger partial charge is 0.478 e. The maximum absolute atomic E-state index is 11.7. The first-order valence-corrected chi connectivity index (χ1v) is 6.24. The lowest BCUT2D eigenvalue weighted by Gasteiger charge is -2.04. The van der Waals surface area contributed by atoms with Crippen molar-refractivity contribution in [2.75, 3.05) is 0 Å². The fraction of sp³-hybridized carbons (Fsp3) is 0.0769. The highest BCUT2D eigenvalue weighted by Crippen LogP contribution is 2.08. The van der Waals surface area contributed by atoms with Crippen LogP contribution in [0.25, 0.3) is 0 Å². The van der Waals surface area contributed by atoms with E-state index in [1.165, 1.54) is 17.4 Å². The van der Waals surface area contributed by atoms with Crippen molar-refractivity contribution in [3.8, 4) is 0 Å². The van der Waals surface area contributed by atoms with Crippen LogP contribution >= 0.6 is 11.3 Å². The molecule has 1 aromatic heterocycles. The predicted octanol–water partition coefficient (Wildman–Crippen LogP) is 2.38. The molecule has 5 heteroatoms. The molecule has 0 unspecified atom stereocenters. The zero-order valence-corrected chi connectivity index (χ0v) is 10.2. The summed E-state index contributed by atoms with van der Waals surface area (Å²) in [6.07, 6.45) is 0. The van der Waals surface area contributed by atoms with Crippen LogP contribution in [0.1, 0.15) is 26.3 Å². The number of hydrogen-bond donors (Lipinski definition) is 2. The Bertz CT molecular complexity index is 563. The highest BCUT2D eigenvalue weighted by molar-refractivity contribution is 7.08. The highest BCUT2D eigenvalue weighted by Gasteiger charge is 2.06. The number of benzene rings is 1. The summed E-state index contributed by atoms with van der Waals surface area (Å²) in [5.41, 5.74) is 1.60. The van der Waals surface area contributed by atoms with Crippen molar-refractivity contribution < 1.29 is 14.7 Å². The van der Waals surface area contributed by atoms with Crippen molar-refractivity contribution in [3.63, 3.8) is 0 Å². The molecule has 1 aromatic carbocycles. The molecule has 0 aliphatic heterocycles. The molecule has 1 heterocycles.